The van der Waals surface area contributed by atoms with E-state index >= 15 is 0 Å². The molecular formula is C49H72N6O8S2. The van der Waals surface area contributed by atoms with Crippen molar-refractivity contribution in [3.05, 3.63) is 33.5 Å². The van der Waals surface area contributed by atoms with Gasteiger partial charge in [-0.3, -0.25) is 0 Å². The Morgan fingerprint density at radius 2 is 1.12 bits per heavy atom. The summed E-state index contributed by atoms with van der Waals surface area (Å²) in [4.78, 5) is 58.5. The molecule has 0 aromatic carbocycles. The number of ether oxygens (including phenoxy) is 4. The molecule has 16 heteroatoms. The van der Waals surface area contributed by atoms with Gasteiger partial charge in [-0.2, -0.15) is 0 Å². The highest BCUT2D eigenvalue weighted by Crippen LogP contribution is 2.49. The van der Waals surface area contributed by atoms with Crippen molar-refractivity contribution >= 4 is 61.6 Å². The molecule has 2 atom stereocenters. The van der Waals surface area contributed by atoms with Crippen molar-refractivity contribution in [3.8, 4) is 11.8 Å². The lowest BCUT2D eigenvalue weighted by Crippen LogP contribution is -2.52. The van der Waals surface area contributed by atoms with E-state index in [9.17, 15) is 19.5 Å². The van der Waals surface area contributed by atoms with Gasteiger partial charge in [0.1, 0.15) is 52.0 Å². The molecule has 14 nitrogen and oxygen atoms in total. The van der Waals surface area contributed by atoms with Gasteiger partial charge in [0, 0.05) is 33.9 Å². The fourth-order valence-corrected chi connectivity index (χ4v) is 12.5. The largest absolute Gasteiger partial charge is 0.474 e. The fraction of sp³-hybridized carbons (Fsp3) is 0.694. The summed E-state index contributed by atoms with van der Waals surface area (Å²) in [6, 6.07) is 0. The second-order valence-electron chi connectivity index (χ2n) is 20.1. The van der Waals surface area contributed by atoms with Gasteiger partial charge in [-0.25, -0.2) is 29.5 Å². The van der Waals surface area contributed by atoms with Crippen LogP contribution in [0.2, 0.25) is 0 Å². The van der Waals surface area contributed by atoms with Gasteiger partial charge in [-0.1, -0.05) is 21.3 Å². The SMILES string of the molecule is C.CCC1(NC(=O)OC(C)(C)C)CCC(Oc2ncnc3sc4c(c23)[C@@H](CC=O)CC4)CC1.CCC1(NC(=O)OC(C)(C)C)CCC(Oc2ncnc3sc4c(c23)[C@@H](CCO)CC4)CC1. The number of amides is 2. The van der Waals surface area contributed by atoms with E-state index in [2.05, 4.69) is 44.4 Å². The molecular weight excluding hydrogens is 865 g/mol. The number of carbonyl (C=O) groups excluding carboxylic acids is 3. The Morgan fingerprint density at radius 3 is 1.51 bits per heavy atom. The maximum Gasteiger partial charge on any atom is 0.408 e. The highest BCUT2D eigenvalue weighted by Gasteiger charge is 2.40. The van der Waals surface area contributed by atoms with E-state index in [0.29, 0.717) is 24.1 Å². The Bertz CT molecular complexity index is 2270. The molecule has 358 valence electrons. The predicted octanol–water partition coefficient (Wildman–Crippen LogP) is 11.0. The number of aromatic nitrogens is 4. The summed E-state index contributed by atoms with van der Waals surface area (Å²) < 4.78 is 23.8. The number of carbonyl (C=O) groups is 3. The number of rotatable bonds is 12. The van der Waals surface area contributed by atoms with Crippen molar-refractivity contribution in [2.45, 2.75) is 212 Å². The molecule has 0 saturated heterocycles. The van der Waals surface area contributed by atoms with Crippen LogP contribution in [0.25, 0.3) is 20.4 Å². The Labute approximate surface area is 392 Å². The average Bonchev–Trinajstić information content (AvgIpc) is 4.01. The first-order valence-corrected chi connectivity index (χ1v) is 25.0. The fourth-order valence-electron chi connectivity index (χ4n) is 10.1. The molecule has 0 aliphatic heterocycles. The molecule has 4 aromatic heterocycles. The van der Waals surface area contributed by atoms with E-state index in [1.165, 1.54) is 20.9 Å². The summed E-state index contributed by atoms with van der Waals surface area (Å²) in [5.74, 6) is 1.90. The van der Waals surface area contributed by atoms with Crippen LogP contribution < -0.4 is 20.1 Å². The summed E-state index contributed by atoms with van der Waals surface area (Å²) in [5, 5.41) is 17.8. The third kappa shape index (κ3) is 11.9. The number of fused-ring (bicyclic) bond motifs is 6. The van der Waals surface area contributed by atoms with E-state index in [1.54, 1.807) is 35.3 Å². The van der Waals surface area contributed by atoms with Gasteiger partial charge in [0.25, 0.3) is 0 Å². The predicted molar refractivity (Wildman–Crippen MR) is 257 cm³/mol. The number of aliphatic hydroxyl groups excluding tert-OH is 1. The number of hydrogen-bond acceptors (Lipinski definition) is 14. The lowest BCUT2D eigenvalue weighted by molar-refractivity contribution is -0.108. The van der Waals surface area contributed by atoms with Gasteiger partial charge < -0.3 is 39.5 Å². The highest BCUT2D eigenvalue weighted by atomic mass is 32.1. The van der Waals surface area contributed by atoms with Crippen LogP contribution in [-0.4, -0.2) is 84.6 Å². The average molecular weight is 937 g/mol. The number of aldehydes is 1. The molecule has 2 fully saturated rings. The minimum atomic E-state index is -0.514. The van der Waals surface area contributed by atoms with Crippen molar-refractivity contribution in [3.63, 3.8) is 0 Å². The number of aliphatic hydroxyl groups is 1. The van der Waals surface area contributed by atoms with Crippen LogP contribution in [0.5, 0.6) is 11.8 Å². The second-order valence-corrected chi connectivity index (χ2v) is 22.3. The lowest BCUT2D eigenvalue weighted by atomic mass is 9.78. The standard InChI is InChI=1S/C24H35N3O4S.C24H33N3O4S.CH4/c2*1-5-24(27-22(29)31-23(2,3)4)11-8-16(9-12-24)30-20-19-18-15(10-13-28)6-7-17(18)32-21(19)26-14-25-20;/h14-16,28H,5-13H2,1-4H3,(H,27,29);13-16H,5-12H2,1-4H3,(H,27,29);1H4/t2*15-,16?,24?;/m11./s1. The number of alkyl carbamates (subject to hydrolysis) is 2. The Kier molecular flexibility index (Phi) is 16.1. The molecule has 0 unspecified atom stereocenters. The van der Waals surface area contributed by atoms with E-state index in [0.717, 1.165) is 123 Å². The summed E-state index contributed by atoms with van der Waals surface area (Å²) in [6.07, 6.45) is 17.4. The van der Waals surface area contributed by atoms with E-state index < -0.39 is 11.2 Å². The zero-order valence-corrected chi connectivity index (χ0v) is 40.6. The molecule has 4 aliphatic rings. The molecule has 4 aromatic rings. The number of nitrogens with one attached hydrogen (secondary N) is 2. The summed E-state index contributed by atoms with van der Waals surface area (Å²) in [7, 11) is 0. The highest BCUT2D eigenvalue weighted by molar-refractivity contribution is 7.19. The molecule has 4 aliphatic carbocycles. The lowest BCUT2D eigenvalue weighted by Gasteiger charge is -2.40. The Morgan fingerprint density at radius 1 is 0.708 bits per heavy atom. The van der Waals surface area contributed by atoms with Crippen LogP contribution in [0.3, 0.4) is 0 Å². The number of nitrogens with zero attached hydrogens (tertiary/aromatic N) is 4. The van der Waals surface area contributed by atoms with Crippen LogP contribution in [0.15, 0.2) is 12.7 Å². The van der Waals surface area contributed by atoms with Crippen molar-refractivity contribution in [1.29, 1.82) is 0 Å². The normalized spacial score (nSPS) is 25.1. The van der Waals surface area contributed by atoms with Crippen LogP contribution in [-0.2, 0) is 27.1 Å². The number of hydrogen-bond donors (Lipinski definition) is 3. The monoisotopic (exact) mass is 936 g/mol. The molecule has 3 N–H and O–H groups in total. The molecule has 0 bridgehead atoms. The molecule has 2 saturated carbocycles. The molecule has 2 amide bonds. The summed E-state index contributed by atoms with van der Waals surface area (Å²) in [6.45, 7) is 15.7. The van der Waals surface area contributed by atoms with E-state index in [1.807, 2.05) is 41.5 Å². The summed E-state index contributed by atoms with van der Waals surface area (Å²) in [5.41, 5.74) is 0.978. The quantitative estimate of drug-likeness (QED) is 0.114. The van der Waals surface area contributed by atoms with Crippen LogP contribution in [0, 0.1) is 0 Å². The number of aryl methyl sites for hydroxylation is 2. The van der Waals surface area contributed by atoms with Gasteiger partial charge in [0.05, 0.1) is 10.8 Å². The third-order valence-electron chi connectivity index (χ3n) is 13.5. The zero-order chi connectivity index (χ0) is 45.9. The Balaban J connectivity index is 0.000000212. The van der Waals surface area contributed by atoms with Crippen molar-refractivity contribution in [2.75, 3.05) is 6.61 Å². The van der Waals surface area contributed by atoms with Gasteiger partial charge >= 0.3 is 12.2 Å². The van der Waals surface area contributed by atoms with Crippen LogP contribution in [0.4, 0.5) is 9.59 Å². The second kappa shape index (κ2) is 20.8. The maximum absolute atomic E-state index is 12.4. The van der Waals surface area contributed by atoms with E-state index in [4.69, 9.17) is 18.9 Å². The topological polar surface area (TPSA) is 184 Å². The molecule has 0 spiro atoms. The van der Waals surface area contributed by atoms with E-state index in [-0.39, 0.29) is 55.4 Å². The first-order valence-electron chi connectivity index (χ1n) is 23.4. The van der Waals surface area contributed by atoms with Crippen molar-refractivity contribution < 1.29 is 38.4 Å². The van der Waals surface area contributed by atoms with Crippen LogP contribution in [0.1, 0.15) is 185 Å². The van der Waals surface area contributed by atoms with Gasteiger partial charge in [-0.15, -0.1) is 22.7 Å². The minimum absolute atomic E-state index is 0. The molecule has 65 heavy (non-hydrogen) atoms. The first kappa shape index (κ1) is 50.3. The smallest absolute Gasteiger partial charge is 0.408 e. The van der Waals surface area contributed by atoms with Gasteiger partial charge in [0.2, 0.25) is 11.8 Å². The molecule has 8 rings (SSSR count). The first-order chi connectivity index (χ1) is 30.5. The molecule has 4 heterocycles. The Hall–Kier alpha value is -4.15. The molecule has 0 radical (unpaired) electrons. The third-order valence-corrected chi connectivity index (χ3v) is 15.8. The number of thiophene rings is 2. The maximum atomic E-state index is 12.4. The van der Waals surface area contributed by atoms with Gasteiger partial charge in [-0.05, 0) is 161 Å². The van der Waals surface area contributed by atoms with Crippen molar-refractivity contribution in [1.82, 2.24) is 30.6 Å². The van der Waals surface area contributed by atoms with Crippen molar-refractivity contribution in [2.24, 2.45) is 0 Å². The van der Waals surface area contributed by atoms with Gasteiger partial charge in [0.15, 0.2) is 0 Å². The summed E-state index contributed by atoms with van der Waals surface area (Å²) >= 11 is 3.43. The van der Waals surface area contributed by atoms with Crippen LogP contribution >= 0.6 is 22.7 Å². The zero-order valence-electron chi connectivity index (χ0n) is 39.0. The minimum Gasteiger partial charge on any atom is -0.474 e.